The smallest absolute Gasteiger partial charge is 0.222 e. The Morgan fingerprint density at radius 1 is 1.70 bits per heavy atom. The Balaban J connectivity index is 2.22. The van der Waals surface area contributed by atoms with Crippen molar-refractivity contribution in [1.29, 1.82) is 0 Å². The summed E-state index contributed by atoms with van der Waals surface area (Å²) in [7, 11) is 0. The van der Waals surface area contributed by atoms with Gasteiger partial charge in [0.05, 0.1) is 0 Å². The molecule has 2 fully saturated rings. The molecule has 0 radical (unpaired) electrons. The molecular formula is C7H11NO2. The highest BCUT2D eigenvalue weighted by atomic mass is 16.3. The van der Waals surface area contributed by atoms with Crippen molar-refractivity contribution in [2.45, 2.75) is 31.4 Å². The number of hydrogen-bond donors (Lipinski definition) is 2. The van der Waals surface area contributed by atoms with E-state index in [1.54, 1.807) is 0 Å². The largest absolute Gasteiger partial charge is 0.371 e. The molecule has 0 aromatic rings. The van der Waals surface area contributed by atoms with Crippen LogP contribution in [0, 0.1) is 5.92 Å². The van der Waals surface area contributed by atoms with E-state index in [4.69, 9.17) is 0 Å². The predicted octanol–water partition coefficient (Wildman–Crippen LogP) is -0.00500. The minimum atomic E-state index is -0.822. The molecule has 2 atom stereocenters. The monoisotopic (exact) mass is 141 g/mol. The molecule has 1 saturated carbocycles. The average molecular weight is 141 g/mol. The minimum absolute atomic E-state index is 0.00667. The van der Waals surface area contributed by atoms with Crippen molar-refractivity contribution in [3.8, 4) is 0 Å². The maximum absolute atomic E-state index is 10.8. The maximum Gasteiger partial charge on any atom is 0.222 e. The zero-order valence-electron chi connectivity index (χ0n) is 5.76. The Kier molecular flexibility index (Phi) is 1.06. The molecular weight excluding hydrogens is 130 g/mol. The van der Waals surface area contributed by atoms with E-state index in [0.29, 0.717) is 6.42 Å². The fourth-order valence-electron chi connectivity index (χ4n) is 2.01. The lowest BCUT2D eigenvalue weighted by Gasteiger charge is -2.20. The molecule has 1 aliphatic heterocycles. The van der Waals surface area contributed by atoms with Crippen molar-refractivity contribution in [2.75, 3.05) is 0 Å². The second-order valence-corrected chi connectivity index (χ2v) is 3.27. The number of carbonyl (C=O) groups is 1. The fourth-order valence-corrected chi connectivity index (χ4v) is 2.01. The lowest BCUT2D eigenvalue weighted by Crippen LogP contribution is -2.42. The first-order chi connectivity index (χ1) is 4.71. The van der Waals surface area contributed by atoms with Crippen LogP contribution in [0.4, 0.5) is 0 Å². The van der Waals surface area contributed by atoms with Gasteiger partial charge in [-0.2, -0.15) is 0 Å². The number of aliphatic hydroxyl groups is 1. The van der Waals surface area contributed by atoms with Crippen LogP contribution in [0.25, 0.3) is 0 Å². The third-order valence-electron chi connectivity index (χ3n) is 2.57. The van der Waals surface area contributed by atoms with Crippen LogP contribution in [0.3, 0.4) is 0 Å². The number of rotatable bonds is 0. The Labute approximate surface area is 59.4 Å². The second-order valence-electron chi connectivity index (χ2n) is 3.27. The van der Waals surface area contributed by atoms with Gasteiger partial charge in [-0.1, -0.05) is 0 Å². The number of hydrogen-bond acceptors (Lipinski definition) is 2. The van der Waals surface area contributed by atoms with Gasteiger partial charge in [0.1, 0.15) is 5.72 Å². The topological polar surface area (TPSA) is 49.3 Å². The summed E-state index contributed by atoms with van der Waals surface area (Å²) >= 11 is 0. The molecule has 3 heteroatoms. The van der Waals surface area contributed by atoms with E-state index in [-0.39, 0.29) is 11.8 Å². The van der Waals surface area contributed by atoms with E-state index in [1.165, 1.54) is 0 Å². The van der Waals surface area contributed by atoms with Gasteiger partial charge in [-0.05, 0) is 19.3 Å². The van der Waals surface area contributed by atoms with Crippen molar-refractivity contribution in [3.63, 3.8) is 0 Å². The van der Waals surface area contributed by atoms with Crippen molar-refractivity contribution in [3.05, 3.63) is 0 Å². The van der Waals surface area contributed by atoms with E-state index >= 15 is 0 Å². The SMILES string of the molecule is O=C1CC2CCCC2(O)N1. The van der Waals surface area contributed by atoms with Crippen LogP contribution in [-0.2, 0) is 4.79 Å². The Morgan fingerprint density at radius 2 is 2.50 bits per heavy atom. The van der Waals surface area contributed by atoms with E-state index in [2.05, 4.69) is 5.32 Å². The quantitative estimate of drug-likeness (QED) is 0.498. The Hall–Kier alpha value is -0.570. The highest BCUT2D eigenvalue weighted by Gasteiger charge is 2.47. The van der Waals surface area contributed by atoms with Gasteiger partial charge in [-0.3, -0.25) is 4.79 Å². The van der Waals surface area contributed by atoms with Crippen LogP contribution in [0.15, 0.2) is 0 Å². The van der Waals surface area contributed by atoms with E-state index in [1.807, 2.05) is 0 Å². The third kappa shape index (κ3) is 0.669. The van der Waals surface area contributed by atoms with Crippen LogP contribution in [-0.4, -0.2) is 16.7 Å². The van der Waals surface area contributed by atoms with E-state index in [0.717, 1.165) is 19.3 Å². The molecule has 1 saturated heterocycles. The third-order valence-corrected chi connectivity index (χ3v) is 2.57. The van der Waals surface area contributed by atoms with Gasteiger partial charge in [-0.15, -0.1) is 0 Å². The predicted molar refractivity (Wildman–Crippen MR) is 35.1 cm³/mol. The maximum atomic E-state index is 10.8. The molecule has 1 heterocycles. The lowest BCUT2D eigenvalue weighted by molar-refractivity contribution is -0.122. The van der Waals surface area contributed by atoms with Crippen molar-refractivity contribution < 1.29 is 9.90 Å². The first-order valence-corrected chi connectivity index (χ1v) is 3.74. The van der Waals surface area contributed by atoms with Crippen molar-refractivity contribution >= 4 is 5.91 Å². The van der Waals surface area contributed by atoms with E-state index < -0.39 is 5.72 Å². The first-order valence-electron chi connectivity index (χ1n) is 3.74. The Bertz CT molecular complexity index is 180. The van der Waals surface area contributed by atoms with Crippen LogP contribution in [0.5, 0.6) is 0 Å². The molecule has 2 rings (SSSR count). The Morgan fingerprint density at radius 3 is 3.20 bits per heavy atom. The normalized spacial score (nSPS) is 45.3. The number of fused-ring (bicyclic) bond motifs is 1. The average Bonchev–Trinajstić information content (AvgIpc) is 2.20. The van der Waals surface area contributed by atoms with Gasteiger partial charge in [0, 0.05) is 12.3 Å². The van der Waals surface area contributed by atoms with Crippen LogP contribution in [0.1, 0.15) is 25.7 Å². The summed E-state index contributed by atoms with van der Waals surface area (Å²) in [6.07, 6.45) is 3.30. The van der Waals surface area contributed by atoms with Crippen LogP contribution in [0.2, 0.25) is 0 Å². The van der Waals surface area contributed by atoms with Crippen molar-refractivity contribution in [2.24, 2.45) is 5.92 Å². The minimum Gasteiger partial charge on any atom is -0.371 e. The zero-order valence-corrected chi connectivity index (χ0v) is 5.76. The molecule has 2 N–H and O–H groups in total. The summed E-state index contributed by atoms with van der Waals surface area (Å²) in [5.74, 6) is 0.201. The molecule has 2 aliphatic rings. The molecule has 0 bridgehead atoms. The van der Waals surface area contributed by atoms with Gasteiger partial charge in [0.15, 0.2) is 0 Å². The summed E-state index contributed by atoms with van der Waals surface area (Å²) in [6.45, 7) is 0. The number of amides is 1. The number of nitrogens with one attached hydrogen (secondary N) is 1. The summed E-state index contributed by atoms with van der Waals surface area (Å²) < 4.78 is 0. The highest BCUT2D eigenvalue weighted by Crippen LogP contribution is 2.39. The van der Waals surface area contributed by atoms with Gasteiger partial charge >= 0.3 is 0 Å². The van der Waals surface area contributed by atoms with Gasteiger partial charge in [-0.25, -0.2) is 0 Å². The van der Waals surface area contributed by atoms with E-state index in [9.17, 15) is 9.90 Å². The fraction of sp³-hybridized carbons (Fsp3) is 0.857. The summed E-state index contributed by atoms with van der Waals surface area (Å²) in [5.41, 5.74) is -0.822. The second kappa shape index (κ2) is 1.72. The van der Waals surface area contributed by atoms with Gasteiger partial charge < -0.3 is 10.4 Å². The van der Waals surface area contributed by atoms with Crippen LogP contribution < -0.4 is 5.32 Å². The molecule has 10 heavy (non-hydrogen) atoms. The molecule has 56 valence electrons. The molecule has 1 aliphatic carbocycles. The summed E-state index contributed by atoms with van der Waals surface area (Å²) in [6, 6.07) is 0. The number of carbonyl (C=O) groups excluding carboxylic acids is 1. The van der Waals surface area contributed by atoms with Crippen molar-refractivity contribution in [1.82, 2.24) is 5.32 Å². The molecule has 0 aromatic heterocycles. The van der Waals surface area contributed by atoms with Gasteiger partial charge in [0.2, 0.25) is 5.91 Å². The molecule has 0 spiro atoms. The molecule has 3 nitrogen and oxygen atoms in total. The summed E-state index contributed by atoms with van der Waals surface area (Å²) in [5, 5.41) is 12.3. The summed E-state index contributed by atoms with van der Waals surface area (Å²) in [4.78, 5) is 10.8. The van der Waals surface area contributed by atoms with Gasteiger partial charge in [0.25, 0.3) is 0 Å². The highest BCUT2D eigenvalue weighted by molar-refractivity contribution is 5.79. The molecule has 2 unspecified atom stereocenters. The lowest BCUT2D eigenvalue weighted by atomic mass is 10.0. The molecule has 1 amide bonds. The zero-order chi connectivity index (χ0) is 7.19. The standard InChI is InChI=1S/C7H11NO2/c9-6-4-5-2-1-3-7(5,10)8-6/h5,10H,1-4H2,(H,8,9). The van der Waals surface area contributed by atoms with Crippen LogP contribution >= 0.6 is 0 Å². The first kappa shape index (κ1) is 6.16. The molecule has 0 aromatic carbocycles.